The van der Waals surface area contributed by atoms with E-state index in [0.29, 0.717) is 26.6 Å². The number of halogens is 1. The van der Waals surface area contributed by atoms with Gasteiger partial charge in [0.15, 0.2) is 11.4 Å². The minimum Gasteiger partial charge on any atom is -0.344 e. The van der Waals surface area contributed by atoms with Gasteiger partial charge in [-0.25, -0.2) is 4.98 Å². The van der Waals surface area contributed by atoms with Gasteiger partial charge in [-0.05, 0) is 18.4 Å². The van der Waals surface area contributed by atoms with Crippen LogP contribution < -0.4 is 5.32 Å². The Morgan fingerprint density at radius 2 is 2.22 bits per heavy atom. The Balaban J connectivity index is 1.82. The number of thiophene rings is 1. The van der Waals surface area contributed by atoms with Crippen LogP contribution in [0.25, 0.3) is 11.0 Å². The van der Waals surface area contributed by atoms with Crippen molar-refractivity contribution in [3.8, 4) is 0 Å². The Kier molecular flexibility index (Phi) is 4.14. The van der Waals surface area contributed by atoms with Crippen LogP contribution in [-0.2, 0) is 7.05 Å². The zero-order valence-electron chi connectivity index (χ0n) is 12.5. The largest absolute Gasteiger partial charge is 0.344 e. The fourth-order valence-corrected chi connectivity index (χ4v) is 3.33. The first-order valence-electron chi connectivity index (χ1n) is 6.81. The molecule has 3 aromatic rings. The molecule has 1 N–H and O–H groups in total. The topological polar surface area (TPSA) is 76.9 Å². The van der Waals surface area contributed by atoms with Crippen LogP contribution in [0.3, 0.4) is 0 Å². The predicted molar refractivity (Wildman–Crippen MR) is 89.2 cm³/mol. The van der Waals surface area contributed by atoms with Crippen molar-refractivity contribution in [2.45, 2.75) is 6.92 Å². The van der Waals surface area contributed by atoms with Crippen LogP contribution in [0.2, 0.25) is 5.02 Å². The number of hydrogen-bond acceptors (Lipinski definition) is 5. The number of aromatic nitrogens is 3. The molecule has 0 atom stereocenters. The van der Waals surface area contributed by atoms with Crippen molar-refractivity contribution in [1.82, 2.24) is 20.1 Å². The molecule has 0 spiro atoms. The SMILES string of the molecule is Cc1nn(C)c2ncc(C(=O)CNC(=O)c3cccs3)c(Cl)c12. The predicted octanol–water partition coefficient (Wildman–Crippen LogP) is 2.60. The molecule has 0 unspecified atom stereocenters. The molecule has 3 aromatic heterocycles. The lowest BCUT2D eigenvalue weighted by Crippen LogP contribution is -2.29. The number of pyridine rings is 1. The van der Waals surface area contributed by atoms with Crippen molar-refractivity contribution in [3.63, 3.8) is 0 Å². The molecule has 0 saturated heterocycles. The molecule has 118 valence electrons. The Hall–Kier alpha value is -2.25. The maximum absolute atomic E-state index is 12.3. The average Bonchev–Trinajstić information content (AvgIpc) is 3.14. The van der Waals surface area contributed by atoms with Crippen LogP contribution in [-0.4, -0.2) is 33.0 Å². The summed E-state index contributed by atoms with van der Waals surface area (Å²) in [6.07, 6.45) is 1.42. The second-order valence-electron chi connectivity index (χ2n) is 4.98. The third kappa shape index (κ3) is 2.85. The number of amides is 1. The van der Waals surface area contributed by atoms with E-state index in [1.165, 1.54) is 17.5 Å². The molecule has 1 amide bonds. The molecular weight excluding hydrogens is 336 g/mol. The van der Waals surface area contributed by atoms with Crippen molar-refractivity contribution in [1.29, 1.82) is 0 Å². The molecule has 0 aliphatic heterocycles. The molecule has 0 bridgehead atoms. The highest BCUT2D eigenvalue weighted by molar-refractivity contribution is 7.12. The van der Waals surface area contributed by atoms with Crippen molar-refractivity contribution < 1.29 is 9.59 Å². The number of Topliss-reactive ketones (excluding diaryl/α,β-unsaturated/α-hetero) is 1. The number of nitrogens with zero attached hydrogens (tertiary/aromatic N) is 3. The number of rotatable bonds is 4. The Bertz CT molecular complexity index is 902. The van der Waals surface area contributed by atoms with Gasteiger partial charge in [-0.2, -0.15) is 5.10 Å². The van der Waals surface area contributed by atoms with Crippen molar-refractivity contribution in [3.05, 3.63) is 44.9 Å². The monoisotopic (exact) mass is 348 g/mol. The number of hydrogen-bond donors (Lipinski definition) is 1. The Labute approximate surface area is 141 Å². The van der Waals surface area contributed by atoms with Gasteiger partial charge in [0.25, 0.3) is 5.91 Å². The summed E-state index contributed by atoms with van der Waals surface area (Å²) in [6.45, 7) is 1.67. The molecule has 23 heavy (non-hydrogen) atoms. The molecule has 0 aliphatic rings. The first-order chi connectivity index (χ1) is 11.0. The fraction of sp³-hybridized carbons (Fsp3) is 0.200. The Morgan fingerprint density at radius 3 is 2.91 bits per heavy atom. The maximum Gasteiger partial charge on any atom is 0.261 e. The molecule has 0 aliphatic carbocycles. The van der Waals surface area contributed by atoms with Crippen molar-refractivity contribution in [2.75, 3.05) is 6.54 Å². The lowest BCUT2D eigenvalue weighted by Gasteiger charge is -2.06. The summed E-state index contributed by atoms with van der Waals surface area (Å²) in [7, 11) is 1.77. The van der Waals surface area contributed by atoms with Gasteiger partial charge >= 0.3 is 0 Å². The van der Waals surface area contributed by atoms with Crippen LogP contribution in [0, 0.1) is 6.92 Å². The van der Waals surface area contributed by atoms with E-state index in [9.17, 15) is 9.59 Å². The number of carbonyl (C=O) groups excluding carboxylic acids is 2. The normalized spacial score (nSPS) is 10.9. The second kappa shape index (κ2) is 6.10. The van der Waals surface area contributed by atoms with Gasteiger partial charge < -0.3 is 5.32 Å². The summed E-state index contributed by atoms with van der Waals surface area (Å²) in [6, 6.07) is 3.48. The molecule has 0 aromatic carbocycles. The summed E-state index contributed by atoms with van der Waals surface area (Å²) in [5, 5.41) is 9.62. The average molecular weight is 349 g/mol. The van der Waals surface area contributed by atoms with E-state index in [0.717, 1.165) is 0 Å². The lowest BCUT2D eigenvalue weighted by molar-refractivity contribution is 0.0906. The fourth-order valence-electron chi connectivity index (χ4n) is 2.31. The van der Waals surface area contributed by atoms with E-state index in [-0.39, 0.29) is 23.8 Å². The minimum absolute atomic E-state index is 0.136. The summed E-state index contributed by atoms with van der Waals surface area (Å²) < 4.78 is 1.61. The van der Waals surface area contributed by atoms with Crippen LogP contribution in [0.5, 0.6) is 0 Å². The van der Waals surface area contributed by atoms with Gasteiger partial charge in [-0.3, -0.25) is 14.3 Å². The number of carbonyl (C=O) groups is 2. The molecule has 6 nitrogen and oxygen atoms in total. The highest BCUT2D eigenvalue weighted by Crippen LogP contribution is 2.28. The van der Waals surface area contributed by atoms with E-state index in [1.54, 1.807) is 29.2 Å². The maximum atomic E-state index is 12.3. The van der Waals surface area contributed by atoms with Gasteiger partial charge in [0.1, 0.15) is 0 Å². The van der Waals surface area contributed by atoms with E-state index >= 15 is 0 Å². The van der Waals surface area contributed by atoms with Gasteiger partial charge in [0.05, 0.1) is 33.1 Å². The molecule has 0 radical (unpaired) electrons. The number of aryl methyl sites for hydroxylation is 2. The smallest absolute Gasteiger partial charge is 0.261 e. The zero-order chi connectivity index (χ0) is 16.6. The molecule has 3 rings (SSSR count). The quantitative estimate of drug-likeness (QED) is 0.735. The van der Waals surface area contributed by atoms with Crippen molar-refractivity contribution in [2.24, 2.45) is 7.05 Å². The highest BCUT2D eigenvalue weighted by Gasteiger charge is 2.19. The van der Waals surface area contributed by atoms with Crippen LogP contribution in [0.4, 0.5) is 0 Å². The van der Waals surface area contributed by atoms with Crippen molar-refractivity contribution >= 4 is 45.7 Å². The molecule has 3 heterocycles. The lowest BCUT2D eigenvalue weighted by atomic mass is 10.1. The standard InChI is InChI=1S/C15H13ClN4O2S/c1-8-12-13(16)9(6-17-14(12)20(2)19-8)10(21)7-18-15(22)11-4-3-5-23-11/h3-6H,7H2,1-2H3,(H,18,22). The van der Waals surface area contributed by atoms with Crippen LogP contribution >= 0.6 is 22.9 Å². The van der Waals surface area contributed by atoms with E-state index in [1.807, 2.05) is 6.92 Å². The highest BCUT2D eigenvalue weighted by atomic mass is 35.5. The molecule has 0 saturated carbocycles. The second-order valence-corrected chi connectivity index (χ2v) is 6.30. The van der Waals surface area contributed by atoms with E-state index < -0.39 is 0 Å². The third-order valence-corrected chi connectivity index (χ3v) is 4.68. The molecular formula is C15H13ClN4O2S. The Morgan fingerprint density at radius 1 is 1.43 bits per heavy atom. The van der Waals surface area contributed by atoms with Gasteiger partial charge in [-0.15, -0.1) is 11.3 Å². The molecule has 8 heteroatoms. The summed E-state index contributed by atoms with van der Waals surface area (Å²) in [5.74, 6) is -0.575. The van der Waals surface area contributed by atoms with E-state index in [4.69, 9.17) is 11.6 Å². The number of nitrogens with one attached hydrogen (secondary N) is 1. The summed E-state index contributed by atoms with van der Waals surface area (Å²) >= 11 is 7.66. The third-order valence-electron chi connectivity index (χ3n) is 3.42. The van der Waals surface area contributed by atoms with E-state index in [2.05, 4.69) is 15.4 Å². The number of fused-ring (bicyclic) bond motifs is 1. The van der Waals surface area contributed by atoms with Gasteiger partial charge in [-0.1, -0.05) is 17.7 Å². The van der Waals surface area contributed by atoms with Gasteiger partial charge in [0.2, 0.25) is 0 Å². The minimum atomic E-state index is -0.294. The summed E-state index contributed by atoms with van der Waals surface area (Å²) in [4.78, 5) is 29.0. The van der Waals surface area contributed by atoms with Gasteiger partial charge in [0, 0.05) is 13.2 Å². The molecule has 0 fully saturated rings. The first kappa shape index (κ1) is 15.6. The van der Waals surface area contributed by atoms with Crippen LogP contribution in [0.1, 0.15) is 25.7 Å². The zero-order valence-corrected chi connectivity index (χ0v) is 14.0. The number of ketones is 1. The first-order valence-corrected chi connectivity index (χ1v) is 8.07. The van der Waals surface area contributed by atoms with Crippen LogP contribution in [0.15, 0.2) is 23.7 Å². The summed E-state index contributed by atoms with van der Waals surface area (Å²) in [5.41, 5.74) is 1.60.